The van der Waals surface area contributed by atoms with Gasteiger partial charge in [0.2, 0.25) is 0 Å². The van der Waals surface area contributed by atoms with E-state index in [2.05, 4.69) is 0 Å². The highest BCUT2D eigenvalue weighted by atomic mass is 32.1. The zero-order valence-corrected chi connectivity index (χ0v) is 11.4. The van der Waals surface area contributed by atoms with Crippen molar-refractivity contribution < 1.29 is 9.53 Å². The van der Waals surface area contributed by atoms with Gasteiger partial charge in [-0.2, -0.15) is 11.3 Å². The molecular weight excluding hydrogens is 244 g/mol. The fourth-order valence-corrected chi connectivity index (χ4v) is 2.68. The highest BCUT2D eigenvalue weighted by molar-refractivity contribution is 7.08. The second kappa shape index (κ2) is 5.83. The van der Waals surface area contributed by atoms with Crippen molar-refractivity contribution in [1.29, 1.82) is 0 Å². The summed E-state index contributed by atoms with van der Waals surface area (Å²) in [5.41, 5.74) is 3.12. The van der Waals surface area contributed by atoms with Crippen molar-refractivity contribution in [2.45, 2.75) is 19.8 Å². The number of ketones is 1. The summed E-state index contributed by atoms with van der Waals surface area (Å²) in [4.78, 5) is 12.0. The van der Waals surface area contributed by atoms with Crippen LogP contribution in [0, 0.1) is 6.92 Å². The van der Waals surface area contributed by atoms with Gasteiger partial charge in [0, 0.05) is 17.4 Å². The van der Waals surface area contributed by atoms with Crippen LogP contribution in [0.25, 0.3) is 0 Å². The quantitative estimate of drug-likeness (QED) is 0.763. The molecule has 1 aromatic carbocycles. The van der Waals surface area contributed by atoms with E-state index in [4.69, 9.17) is 4.74 Å². The fourth-order valence-electron chi connectivity index (χ4n) is 1.83. The monoisotopic (exact) mass is 260 g/mol. The van der Waals surface area contributed by atoms with Gasteiger partial charge in [-0.05, 0) is 42.0 Å². The first-order valence-corrected chi connectivity index (χ1v) is 6.84. The molecule has 0 aliphatic rings. The Bertz CT molecular complexity index is 526. The van der Waals surface area contributed by atoms with Gasteiger partial charge in [-0.25, -0.2) is 0 Å². The number of benzene rings is 1. The molecule has 0 bridgehead atoms. The van der Waals surface area contributed by atoms with Gasteiger partial charge < -0.3 is 4.74 Å². The van der Waals surface area contributed by atoms with Crippen molar-refractivity contribution >= 4 is 17.1 Å². The molecule has 0 amide bonds. The second-order valence-electron chi connectivity index (χ2n) is 4.24. The van der Waals surface area contributed by atoms with Crippen LogP contribution in [-0.2, 0) is 6.42 Å². The number of carbonyl (C=O) groups is 1. The number of hydrogen-bond donors (Lipinski definition) is 0. The minimum absolute atomic E-state index is 0.226. The first-order valence-electron chi connectivity index (χ1n) is 5.89. The van der Waals surface area contributed by atoms with Crippen molar-refractivity contribution in [1.82, 2.24) is 0 Å². The maximum Gasteiger partial charge on any atom is 0.164 e. The Morgan fingerprint density at radius 1 is 1.22 bits per heavy atom. The SMILES string of the molecule is COc1ccc(CCC(=O)c2cscc2C)cc1. The third-order valence-corrected chi connectivity index (χ3v) is 3.82. The van der Waals surface area contributed by atoms with Gasteiger partial charge in [0.1, 0.15) is 5.75 Å². The summed E-state index contributed by atoms with van der Waals surface area (Å²) in [7, 11) is 1.65. The van der Waals surface area contributed by atoms with E-state index in [1.54, 1.807) is 18.4 Å². The van der Waals surface area contributed by atoms with E-state index >= 15 is 0 Å². The molecular formula is C15H16O2S. The Balaban J connectivity index is 1.95. The maximum absolute atomic E-state index is 12.0. The van der Waals surface area contributed by atoms with Crippen molar-refractivity contribution in [3.8, 4) is 5.75 Å². The standard InChI is InChI=1S/C15H16O2S/c1-11-9-18-10-14(11)15(16)8-5-12-3-6-13(17-2)7-4-12/h3-4,6-7,9-10H,5,8H2,1-2H3. The molecule has 0 aliphatic heterocycles. The molecule has 2 rings (SSSR count). The van der Waals surface area contributed by atoms with Crippen LogP contribution in [-0.4, -0.2) is 12.9 Å². The minimum atomic E-state index is 0.226. The average molecular weight is 260 g/mol. The van der Waals surface area contributed by atoms with E-state index in [1.165, 1.54) is 0 Å². The molecule has 0 spiro atoms. The lowest BCUT2D eigenvalue weighted by molar-refractivity contribution is 0.0982. The normalized spacial score (nSPS) is 10.3. The predicted octanol–water partition coefficient (Wildman–Crippen LogP) is 3.88. The maximum atomic E-state index is 12.0. The van der Waals surface area contributed by atoms with Crippen LogP contribution < -0.4 is 4.74 Å². The molecule has 94 valence electrons. The number of rotatable bonds is 5. The van der Waals surface area contributed by atoms with Gasteiger partial charge in [-0.15, -0.1) is 0 Å². The fraction of sp³-hybridized carbons (Fsp3) is 0.267. The summed E-state index contributed by atoms with van der Waals surface area (Å²) in [6.45, 7) is 1.98. The smallest absolute Gasteiger partial charge is 0.164 e. The Kier molecular flexibility index (Phi) is 4.15. The van der Waals surface area contributed by atoms with Crippen LogP contribution in [0.1, 0.15) is 27.9 Å². The van der Waals surface area contributed by atoms with Crippen molar-refractivity contribution in [2.24, 2.45) is 0 Å². The summed E-state index contributed by atoms with van der Waals surface area (Å²) < 4.78 is 5.10. The molecule has 18 heavy (non-hydrogen) atoms. The van der Waals surface area contributed by atoms with Gasteiger partial charge in [0.15, 0.2) is 5.78 Å². The zero-order chi connectivity index (χ0) is 13.0. The lowest BCUT2D eigenvalue weighted by Crippen LogP contribution is -2.01. The van der Waals surface area contributed by atoms with Crippen LogP contribution in [0.4, 0.5) is 0 Å². The van der Waals surface area contributed by atoms with Gasteiger partial charge in [-0.3, -0.25) is 4.79 Å². The van der Waals surface area contributed by atoms with Gasteiger partial charge in [-0.1, -0.05) is 12.1 Å². The van der Waals surface area contributed by atoms with Crippen LogP contribution in [0.2, 0.25) is 0 Å². The van der Waals surface area contributed by atoms with Crippen LogP contribution in [0.15, 0.2) is 35.0 Å². The molecule has 0 unspecified atom stereocenters. The minimum Gasteiger partial charge on any atom is -0.497 e. The number of methoxy groups -OCH3 is 1. The predicted molar refractivity (Wildman–Crippen MR) is 74.7 cm³/mol. The van der Waals surface area contributed by atoms with Gasteiger partial charge in [0.25, 0.3) is 0 Å². The van der Waals surface area contributed by atoms with Crippen molar-refractivity contribution in [2.75, 3.05) is 7.11 Å². The molecule has 2 aromatic rings. The molecule has 1 aromatic heterocycles. The third-order valence-electron chi connectivity index (χ3n) is 2.96. The molecule has 2 nitrogen and oxygen atoms in total. The Hall–Kier alpha value is -1.61. The number of thiophene rings is 1. The van der Waals surface area contributed by atoms with E-state index in [-0.39, 0.29) is 5.78 Å². The first-order chi connectivity index (χ1) is 8.70. The van der Waals surface area contributed by atoms with Crippen LogP contribution in [0.3, 0.4) is 0 Å². The van der Waals surface area contributed by atoms with E-state index in [0.717, 1.165) is 28.9 Å². The van der Waals surface area contributed by atoms with Crippen molar-refractivity contribution in [3.05, 3.63) is 51.7 Å². The molecule has 0 fully saturated rings. The molecule has 0 N–H and O–H groups in total. The molecule has 1 heterocycles. The summed E-state index contributed by atoms with van der Waals surface area (Å²) >= 11 is 1.58. The van der Waals surface area contributed by atoms with Gasteiger partial charge >= 0.3 is 0 Å². The topological polar surface area (TPSA) is 26.3 Å². The summed E-state index contributed by atoms with van der Waals surface area (Å²) in [5, 5.41) is 3.95. The van der Waals surface area contributed by atoms with Crippen LogP contribution >= 0.6 is 11.3 Å². The molecule has 0 saturated heterocycles. The molecule has 0 aliphatic carbocycles. The summed E-state index contributed by atoms with van der Waals surface area (Å²) in [6.07, 6.45) is 1.34. The Labute approximate surface area is 111 Å². The summed E-state index contributed by atoms with van der Waals surface area (Å²) in [6, 6.07) is 7.87. The Morgan fingerprint density at radius 3 is 2.50 bits per heavy atom. The van der Waals surface area contributed by atoms with Crippen molar-refractivity contribution in [3.63, 3.8) is 0 Å². The molecule has 3 heteroatoms. The van der Waals surface area contributed by atoms with E-state index in [1.807, 2.05) is 41.9 Å². The highest BCUT2D eigenvalue weighted by Gasteiger charge is 2.09. The molecule has 0 atom stereocenters. The molecule has 0 radical (unpaired) electrons. The zero-order valence-electron chi connectivity index (χ0n) is 10.6. The highest BCUT2D eigenvalue weighted by Crippen LogP contribution is 2.18. The largest absolute Gasteiger partial charge is 0.497 e. The number of ether oxygens (including phenoxy) is 1. The van der Waals surface area contributed by atoms with E-state index in [0.29, 0.717) is 6.42 Å². The summed E-state index contributed by atoms with van der Waals surface area (Å²) in [5.74, 6) is 1.07. The number of Topliss-reactive ketones (excluding diaryl/α,β-unsaturated/α-hetero) is 1. The molecule has 0 saturated carbocycles. The van der Waals surface area contributed by atoms with E-state index < -0.39 is 0 Å². The average Bonchev–Trinajstić information content (AvgIpc) is 2.83. The number of hydrogen-bond acceptors (Lipinski definition) is 3. The van der Waals surface area contributed by atoms with Crippen LogP contribution in [0.5, 0.6) is 5.75 Å². The number of carbonyl (C=O) groups excluding carboxylic acids is 1. The third kappa shape index (κ3) is 2.99. The Morgan fingerprint density at radius 2 is 1.94 bits per heavy atom. The lowest BCUT2D eigenvalue weighted by atomic mass is 10.0. The second-order valence-corrected chi connectivity index (χ2v) is 4.98. The van der Waals surface area contributed by atoms with Gasteiger partial charge in [0.05, 0.1) is 7.11 Å². The first kappa shape index (κ1) is 12.8. The van der Waals surface area contributed by atoms with E-state index in [9.17, 15) is 4.79 Å². The lowest BCUT2D eigenvalue weighted by Gasteiger charge is -2.03. The number of aryl methyl sites for hydroxylation is 2.